The second-order valence-corrected chi connectivity index (χ2v) is 5.21. The zero-order valence-corrected chi connectivity index (χ0v) is 12.6. The van der Waals surface area contributed by atoms with Crippen molar-refractivity contribution in [2.45, 2.75) is 20.3 Å². The Labute approximate surface area is 125 Å². The molecule has 0 fully saturated rings. The van der Waals surface area contributed by atoms with Gasteiger partial charge in [-0.25, -0.2) is 0 Å². The molecular formula is C18H18N2O. The van der Waals surface area contributed by atoms with Crippen LogP contribution in [0.4, 0.5) is 5.69 Å². The van der Waals surface area contributed by atoms with E-state index in [-0.39, 0.29) is 5.91 Å². The summed E-state index contributed by atoms with van der Waals surface area (Å²) in [7, 11) is 1.75. The van der Waals surface area contributed by atoms with E-state index in [0.717, 1.165) is 11.3 Å². The molecule has 21 heavy (non-hydrogen) atoms. The second kappa shape index (κ2) is 6.23. The Balaban J connectivity index is 2.11. The fourth-order valence-corrected chi connectivity index (χ4v) is 2.11. The maximum absolute atomic E-state index is 12.3. The van der Waals surface area contributed by atoms with Gasteiger partial charge in [-0.1, -0.05) is 18.2 Å². The number of rotatable bonds is 3. The van der Waals surface area contributed by atoms with Crippen molar-refractivity contribution in [3.05, 3.63) is 64.7 Å². The van der Waals surface area contributed by atoms with Crippen LogP contribution in [0.3, 0.4) is 0 Å². The van der Waals surface area contributed by atoms with Gasteiger partial charge in [0.05, 0.1) is 18.1 Å². The third-order valence-corrected chi connectivity index (χ3v) is 3.68. The molecule has 1 amide bonds. The molecule has 0 aromatic heterocycles. The summed E-state index contributed by atoms with van der Waals surface area (Å²) in [5, 5.41) is 8.79. The van der Waals surface area contributed by atoms with Crippen molar-refractivity contribution in [1.82, 2.24) is 0 Å². The molecule has 0 aliphatic rings. The molecule has 3 heteroatoms. The van der Waals surface area contributed by atoms with Crippen molar-refractivity contribution in [3.8, 4) is 6.07 Å². The Morgan fingerprint density at radius 2 is 1.76 bits per heavy atom. The highest BCUT2D eigenvalue weighted by Gasteiger charge is 2.12. The first-order valence-corrected chi connectivity index (χ1v) is 6.84. The third kappa shape index (κ3) is 3.49. The molecule has 2 rings (SSSR count). The van der Waals surface area contributed by atoms with Gasteiger partial charge < -0.3 is 4.90 Å². The number of nitrogens with zero attached hydrogens (tertiary/aromatic N) is 2. The average Bonchev–Trinajstić information content (AvgIpc) is 2.50. The Morgan fingerprint density at radius 3 is 2.33 bits per heavy atom. The van der Waals surface area contributed by atoms with Crippen LogP contribution >= 0.6 is 0 Å². The summed E-state index contributed by atoms with van der Waals surface area (Å²) in [4.78, 5) is 13.9. The molecule has 2 aromatic rings. The van der Waals surface area contributed by atoms with Crippen molar-refractivity contribution >= 4 is 11.6 Å². The molecule has 0 aliphatic heterocycles. The van der Waals surface area contributed by atoms with E-state index >= 15 is 0 Å². The second-order valence-electron chi connectivity index (χ2n) is 5.21. The quantitative estimate of drug-likeness (QED) is 0.864. The van der Waals surface area contributed by atoms with Crippen LogP contribution in [-0.4, -0.2) is 13.0 Å². The van der Waals surface area contributed by atoms with Gasteiger partial charge in [0.1, 0.15) is 0 Å². The van der Waals surface area contributed by atoms with Gasteiger partial charge >= 0.3 is 0 Å². The highest BCUT2D eigenvalue weighted by Crippen LogP contribution is 2.16. The summed E-state index contributed by atoms with van der Waals surface area (Å²) in [5.74, 6) is 0.0305. The number of amides is 1. The first-order valence-electron chi connectivity index (χ1n) is 6.84. The highest BCUT2D eigenvalue weighted by atomic mass is 16.2. The lowest BCUT2D eigenvalue weighted by Gasteiger charge is -2.17. The van der Waals surface area contributed by atoms with Crippen LogP contribution in [0.5, 0.6) is 0 Å². The van der Waals surface area contributed by atoms with Crippen molar-refractivity contribution in [1.29, 1.82) is 5.26 Å². The number of carbonyl (C=O) groups is 1. The van der Waals surface area contributed by atoms with E-state index in [4.69, 9.17) is 5.26 Å². The van der Waals surface area contributed by atoms with E-state index in [9.17, 15) is 4.79 Å². The van der Waals surface area contributed by atoms with Crippen molar-refractivity contribution in [2.75, 3.05) is 11.9 Å². The van der Waals surface area contributed by atoms with E-state index in [0.29, 0.717) is 12.0 Å². The zero-order valence-electron chi connectivity index (χ0n) is 12.6. The molecule has 0 unspecified atom stereocenters. The topological polar surface area (TPSA) is 44.1 Å². The van der Waals surface area contributed by atoms with Gasteiger partial charge in [-0.05, 0) is 54.8 Å². The van der Waals surface area contributed by atoms with Gasteiger partial charge in [-0.2, -0.15) is 5.26 Å². The number of anilines is 1. The van der Waals surface area contributed by atoms with E-state index in [1.54, 1.807) is 36.2 Å². The standard InChI is InChI=1S/C18H18N2O/c1-13-4-5-16(10-14(13)2)11-18(21)20(3)17-8-6-15(12-19)7-9-17/h4-10H,11H2,1-3H3. The molecule has 3 nitrogen and oxygen atoms in total. The molecule has 0 radical (unpaired) electrons. The van der Waals surface area contributed by atoms with Gasteiger partial charge in [0.15, 0.2) is 0 Å². The minimum Gasteiger partial charge on any atom is -0.315 e. The van der Waals surface area contributed by atoms with E-state index in [2.05, 4.69) is 19.1 Å². The number of aryl methyl sites for hydroxylation is 2. The lowest BCUT2D eigenvalue weighted by atomic mass is 10.0. The molecule has 0 saturated carbocycles. The fraction of sp³-hybridized carbons (Fsp3) is 0.222. The molecule has 0 N–H and O–H groups in total. The highest BCUT2D eigenvalue weighted by molar-refractivity contribution is 5.94. The number of hydrogen-bond donors (Lipinski definition) is 0. The molecule has 2 aromatic carbocycles. The minimum atomic E-state index is 0.0305. The fourth-order valence-electron chi connectivity index (χ4n) is 2.11. The Kier molecular flexibility index (Phi) is 4.39. The number of carbonyl (C=O) groups excluding carboxylic acids is 1. The molecule has 0 saturated heterocycles. The maximum Gasteiger partial charge on any atom is 0.231 e. The number of hydrogen-bond acceptors (Lipinski definition) is 2. The Hall–Kier alpha value is -2.60. The van der Waals surface area contributed by atoms with Crippen molar-refractivity contribution < 1.29 is 4.79 Å². The first-order chi connectivity index (χ1) is 10.0. The average molecular weight is 278 g/mol. The van der Waals surface area contributed by atoms with Gasteiger partial charge in [0.2, 0.25) is 5.91 Å². The molecule has 0 aliphatic carbocycles. The smallest absolute Gasteiger partial charge is 0.231 e. The molecule has 0 spiro atoms. The lowest BCUT2D eigenvalue weighted by Crippen LogP contribution is -2.27. The van der Waals surface area contributed by atoms with Crippen LogP contribution in [0, 0.1) is 25.2 Å². The van der Waals surface area contributed by atoms with Gasteiger partial charge in [0.25, 0.3) is 0 Å². The Morgan fingerprint density at radius 1 is 1.10 bits per heavy atom. The largest absolute Gasteiger partial charge is 0.315 e. The summed E-state index contributed by atoms with van der Waals surface area (Å²) in [6.07, 6.45) is 0.373. The monoisotopic (exact) mass is 278 g/mol. The van der Waals surface area contributed by atoms with Crippen LogP contribution in [-0.2, 0) is 11.2 Å². The number of likely N-dealkylation sites (N-methyl/N-ethyl adjacent to an activating group) is 1. The first kappa shape index (κ1) is 14.8. The van der Waals surface area contributed by atoms with Crippen molar-refractivity contribution in [3.63, 3.8) is 0 Å². The minimum absolute atomic E-state index is 0.0305. The summed E-state index contributed by atoms with van der Waals surface area (Å²) in [5.41, 5.74) is 4.83. The van der Waals surface area contributed by atoms with Crippen molar-refractivity contribution in [2.24, 2.45) is 0 Å². The normalized spacial score (nSPS) is 10.0. The number of nitriles is 1. The van der Waals surface area contributed by atoms with Crippen LogP contribution in [0.1, 0.15) is 22.3 Å². The van der Waals surface area contributed by atoms with Crippen LogP contribution in [0.15, 0.2) is 42.5 Å². The van der Waals surface area contributed by atoms with Gasteiger partial charge in [-0.15, -0.1) is 0 Å². The predicted molar refractivity (Wildman–Crippen MR) is 84.2 cm³/mol. The van der Waals surface area contributed by atoms with E-state index in [1.165, 1.54) is 11.1 Å². The maximum atomic E-state index is 12.3. The molecule has 106 valence electrons. The summed E-state index contributed by atoms with van der Waals surface area (Å²) in [6, 6.07) is 15.2. The van der Waals surface area contributed by atoms with Crippen LogP contribution in [0.2, 0.25) is 0 Å². The molecule has 0 bridgehead atoms. The van der Waals surface area contributed by atoms with E-state index < -0.39 is 0 Å². The molecule has 0 atom stereocenters. The Bertz CT molecular complexity index is 696. The van der Waals surface area contributed by atoms with Crippen LogP contribution < -0.4 is 4.90 Å². The summed E-state index contributed by atoms with van der Waals surface area (Å²) >= 11 is 0. The van der Waals surface area contributed by atoms with Gasteiger partial charge in [0, 0.05) is 12.7 Å². The summed E-state index contributed by atoms with van der Waals surface area (Å²) in [6.45, 7) is 4.11. The zero-order chi connectivity index (χ0) is 15.4. The predicted octanol–water partition coefficient (Wildman–Crippen LogP) is 3.38. The molecular weight excluding hydrogens is 260 g/mol. The third-order valence-electron chi connectivity index (χ3n) is 3.68. The van der Waals surface area contributed by atoms with Gasteiger partial charge in [-0.3, -0.25) is 4.79 Å². The summed E-state index contributed by atoms with van der Waals surface area (Å²) < 4.78 is 0. The number of benzene rings is 2. The van der Waals surface area contributed by atoms with E-state index in [1.807, 2.05) is 19.1 Å². The SMILES string of the molecule is Cc1ccc(CC(=O)N(C)c2ccc(C#N)cc2)cc1C. The molecule has 0 heterocycles. The lowest BCUT2D eigenvalue weighted by molar-refractivity contribution is -0.117. The van der Waals surface area contributed by atoms with Crippen LogP contribution in [0.25, 0.3) is 0 Å².